The van der Waals surface area contributed by atoms with Gasteiger partial charge in [0.05, 0.1) is 16.3 Å². The molecule has 0 atom stereocenters. The summed E-state index contributed by atoms with van der Waals surface area (Å²) in [5, 5.41) is 12.6. The summed E-state index contributed by atoms with van der Waals surface area (Å²) in [6, 6.07) is 10.3. The molecule has 0 radical (unpaired) electrons. The summed E-state index contributed by atoms with van der Waals surface area (Å²) in [4.78, 5) is 11.6. The van der Waals surface area contributed by atoms with Crippen molar-refractivity contribution in [2.24, 2.45) is 5.10 Å². The van der Waals surface area contributed by atoms with Crippen LogP contribution in [0, 0.1) is 11.3 Å². The normalized spacial score (nSPS) is 10.4. The zero-order valence-electron chi connectivity index (χ0n) is 11.0. The highest BCUT2D eigenvalue weighted by Crippen LogP contribution is 2.25. The van der Waals surface area contributed by atoms with Gasteiger partial charge in [-0.25, -0.2) is 5.43 Å². The first-order valence-electron chi connectivity index (χ1n) is 5.99. The summed E-state index contributed by atoms with van der Waals surface area (Å²) in [5.41, 5.74) is 2.66. The summed E-state index contributed by atoms with van der Waals surface area (Å²) >= 11 is 6.46. The van der Waals surface area contributed by atoms with Crippen LogP contribution in [0.3, 0.4) is 0 Å². The molecule has 0 aliphatic carbocycles. The monoisotopic (exact) mass is 425 g/mol. The van der Waals surface area contributed by atoms with E-state index in [1.54, 1.807) is 30.3 Å². The highest BCUT2D eigenvalue weighted by molar-refractivity contribution is 9.13. The zero-order chi connectivity index (χ0) is 15.9. The molecule has 112 valence electrons. The van der Waals surface area contributed by atoms with Gasteiger partial charge in [-0.15, -0.1) is 0 Å². The van der Waals surface area contributed by atoms with Crippen molar-refractivity contribution in [2.75, 3.05) is 6.61 Å². The molecular weight excluding hydrogens is 418 g/mol. The fourth-order valence-corrected chi connectivity index (χ4v) is 2.06. The van der Waals surface area contributed by atoms with Crippen molar-refractivity contribution in [3.8, 4) is 11.8 Å². The Labute approximate surface area is 143 Å². The van der Waals surface area contributed by atoms with E-state index >= 15 is 0 Å². The van der Waals surface area contributed by atoms with Crippen LogP contribution >= 0.6 is 31.9 Å². The summed E-state index contributed by atoms with van der Waals surface area (Å²) < 4.78 is 11.8. The molecule has 2 aromatic rings. The average Bonchev–Trinajstić information content (AvgIpc) is 2.84. The SMILES string of the molecule is N#Cc1ccccc1OCC(=O)NN=Cc1cc(Br)c(Br)o1. The molecule has 1 heterocycles. The van der Waals surface area contributed by atoms with Crippen molar-refractivity contribution in [3.63, 3.8) is 0 Å². The number of nitriles is 1. The first-order chi connectivity index (χ1) is 10.6. The van der Waals surface area contributed by atoms with Crippen molar-refractivity contribution in [1.29, 1.82) is 5.26 Å². The fraction of sp³-hybridized carbons (Fsp3) is 0.0714. The summed E-state index contributed by atoms with van der Waals surface area (Å²) in [5.74, 6) is 0.367. The number of carbonyl (C=O) groups excluding carboxylic acids is 1. The molecule has 1 aromatic heterocycles. The molecular formula is C14H9Br2N3O3. The van der Waals surface area contributed by atoms with Gasteiger partial charge >= 0.3 is 0 Å². The average molecular weight is 427 g/mol. The van der Waals surface area contributed by atoms with E-state index in [2.05, 4.69) is 42.4 Å². The summed E-state index contributed by atoms with van der Waals surface area (Å²) in [6.07, 6.45) is 1.36. The van der Waals surface area contributed by atoms with Crippen LogP contribution in [0.5, 0.6) is 5.75 Å². The predicted octanol–water partition coefficient (Wildman–Crippen LogP) is 3.21. The van der Waals surface area contributed by atoms with Crippen LogP contribution in [-0.4, -0.2) is 18.7 Å². The van der Waals surface area contributed by atoms with Gasteiger partial charge in [-0.3, -0.25) is 4.79 Å². The lowest BCUT2D eigenvalue weighted by Crippen LogP contribution is -2.24. The molecule has 0 unspecified atom stereocenters. The summed E-state index contributed by atoms with van der Waals surface area (Å²) in [7, 11) is 0. The van der Waals surface area contributed by atoms with Crippen LogP contribution < -0.4 is 10.2 Å². The molecule has 2 rings (SSSR count). The smallest absolute Gasteiger partial charge is 0.277 e. The van der Waals surface area contributed by atoms with Crippen LogP contribution in [0.1, 0.15) is 11.3 Å². The van der Waals surface area contributed by atoms with Crippen LogP contribution in [0.4, 0.5) is 0 Å². The number of para-hydroxylation sites is 1. The molecule has 22 heavy (non-hydrogen) atoms. The molecule has 0 saturated heterocycles. The largest absolute Gasteiger partial charge is 0.482 e. The van der Waals surface area contributed by atoms with Gasteiger partial charge in [0.2, 0.25) is 0 Å². The first kappa shape index (κ1) is 16.3. The van der Waals surface area contributed by atoms with Gasteiger partial charge in [0.15, 0.2) is 11.3 Å². The number of carbonyl (C=O) groups is 1. The lowest BCUT2D eigenvalue weighted by molar-refractivity contribution is -0.123. The van der Waals surface area contributed by atoms with Crippen LogP contribution in [0.2, 0.25) is 0 Å². The minimum atomic E-state index is -0.450. The van der Waals surface area contributed by atoms with Gasteiger partial charge in [0, 0.05) is 6.07 Å². The fourth-order valence-electron chi connectivity index (χ4n) is 1.46. The molecule has 1 aromatic carbocycles. The number of furan rings is 1. The van der Waals surface area contributed by atoms with Crippen LogP contribution in [0.15, 0.2) is 49.0 Å². The molecule has 1 N–H and O–H groups in total. The Kier molecular flexibility index (Phi) is 5.75. The minimum Gasteiger partial charge on any atom is -0.482 e. The van der Waals surface area contributed by atoms with Crippen molar-refractivity contribution in [1.82, 2.24) is 5.43 Å². The second-order valence-corrected chi connectivity index (χ2v) is 5.53. The molecule has 0 fully saturated rings. The third kappa shape index (κ3) is 4.44. The Morgan fingerprint density at radius 3 is 2.91 bits per heavy atom. The van der Waals surface area contributed by atoms with E-state index in [-0.39, 0.29) is 6.61 Å². The number of ether oxygens (including phenoxy) is 1. The number of rotatable bonds is 5. The van der Waals surface area contributed by atoms with Gasteiger partial charge in [0.25, 0.3) is 5.91 Å². The number of halogens is 2. The lowest BCUT2D eigenvalue weighted by atomic mass is 10.2. The maximum Gasteiger partial charge on any atom is 0.277 e. The Morgan fingerprint density at radius 1 is 1.45 bits per heavy atom. The van der Waals surface area contributed by atoms with Crippen molar-refractivity contribution >= 4 is 44.0 Å². The van der Waals surface area contributed by atoms with E-state index in [4.69, 9.17) is 14.4 Å². The van der Waals surface area contributed by atoms with Crippen molar-refractivity contribution < 1.29 is 13.9 Å². The quantitative estimate of drug-likeness (QED) is 0.587. The maximum absolute atomic E-state index is 11.6. The highest BCUT2D eigenvalue weighted by atomic mass is 79.9. The molecule has 0 saturated carbocycles. The molecule has 0 bridgehead atoms. The predicted molar refractivity (Wildman–Crippen MR) is 86.5 cm³/mol. The van der Waals surface area contributed by atoms with E-state index in [9.17, 15) is 4.79 Å². The third-order valence-corrected chi connectivity index (χ3v) is 4.12. The molecule has 0 spiro atoms. The molecule has 1 amide bonds. The van der Waals surface area contributed by atoms with Gasteiger partial charge < -0.3 is 9.15 Å². The molecule has 0 aliphatic heterocycles. The second-order valence-electron chi connectivity index (χ2n) is 3.96. The van der Waals surface area contributed by atoms with Gasteiger partial charge in [0.1, 0.15) is 17.6 Å². The van der Waals surface area contributed by atoms with E-state index in [0.29, 0.717) is 21.7 Å². The van der Waals surface area contributed by atoms with Crippen molar-refractivity contribution in [2.45, 2.75) is 0 Å². The van der Waals surface area contributed by atoms with Crippen LogP contribution in [0.25, 0.3) is 0 Å². The zero-order valence-corrected chi connectivity index (χ0v) is 14.2. The number of nitrogens with zero attached hydrogens (tertiary/aromatic N) is 2. The molecule has 6 nitrogen and oxygen atoms in total. The number of hydrazone groups is 1. The standard InChI is InChI=1S/C14H9Br2N3O3/c15-11-5-10(22-14(11)16)7-18-19-13(20)8-21-12-4-2-1-3-9(12)6-17/h1-5,7H,8H2,(H,19,20). The van der Waals surface area contributed by atoms with Crippen LogP contribution in [-0.2, 0) is 4.79 Å². The van der Waals surface area contributed by atoms with E-state index in [1.165, 1.54) is 6.21 Å². The number of nitrogens with one attached hydrogen (secondary N) is 1. The second kappa shape index (κ2) is 7.77. The van der Waals surface area contributed by atoms with Crippen molar-refractivity contribution in [3.05, 3.63) is 50.8 Å². The Balaban J connectivity index is 1.84. The minimum absolute atomic E-state index is 0.248. The van der Waals surface area contributed by atoms with E-state index in [0.717, 1.165) is 4.47 Å². The maximum atomic E-state index is 11.6. The number of hydrogen-bond acceptors (Lipinski definition) is 5. The molecule has 8 heteroatoms. The van der Waals surface area contributed by atoms with Gasteiger partial charge in [-0.05, 0) is 44.0 Å². The Morgan fingerprint density at radius 2 is 2.23 bits per heavy atom. The first-order valence-corrected chi connectivity index (χ1v) is 7.57. The highest BCUT2D eigenvalue weighted by Gasteiger charge is 2.06. The molecule has 0 aliphatic rings. The topological polar surface area (TPSA) is 87.6 Å². The Hall–Kier alpha value is -2.11. The van der Waals surface area contributed by atoms with Gasteiger partial charge in [-0.1, -0.05) is 12.1 Å². The third-order valence-electron chi connectivity index (χ3n) is 2.41. The Bertz CT molecular complexity index is 731. The number of benzene rings is 1. The number of amides is 1. The van der Waals surface area contributed by atoms with E-state index < -0.39 is 5.91 Å². The summed E-state index contributed by atoms with van der Waals surface area (Å²) in [6.45, 7) is -0.248. The number of hydrogen-bond donors (Lipinski definition) is 1. The van der Waals surface area contributed by atoms with Gasteiger partial charge in [-0.2, -0.15) is 10.4 Å². The van der Waals surface area contributed by atoms with E-state index in [1.807, 2.05) is 6.07 Å². The lowest BCUT2D eigenvalue weighted by Gasteiger charge is -2.05.